The van der Waals surface area contributed by atoms with Crippen molar-refractivity contribution >= 4 is 17.6 Å². The molecule has 0 fully saturated rings. The van der Waals surface area contributed by atoms with E-state index in [0.29, 0.717) is 23.1 Å². The summed E-state index contributed by atoms with van der Waals surface area (Å²) in [5, 5.41) is 17.8. The fraction of sp³-hybridized carbons (Fsp3) is 0.333. The molecule has 20 heavy (non-hydrogen) atoms. The lowest BCUT2D eigenvalue weighted by molar-refractivity contribution is 0.0600. The molecule has 108 valence electrons. The molecule has 0 aliphatic heterocycles. The van der Waals surface area contributed by atoms with Crippen LogP contribution in [-0.2, 0) is 4.74 Å². The third kappa shape index (κ3) is 2.99. The number of nitrogens with two attached hydrogens (primary N) is 1. The van der Waals surface area contributed by atoms with Gasteiger partial charge in [-0.15, -0.1) is 0 Å². The summed E-state index contributed by atoms with van der Waals surface area (Å²) < 4.78 is 4.72. The molecule has 0 bridgehead atoms. The molecular formula is C15H20N2O3. The van der Waals surface area contributed by atoms with Gasteiger partial charge in [-0.25, -0.2) is 4.79 Å². The maximum absolute atomic E-state index is 11.7. The van der Waals surface area contributed by atoms with Gasteiger partial charge in [0.25, 0.3) is 0 Å². The molecule has 0 aliphatic rings. The summed E-state index contributed by atoms with van der Waals surface area (Å²) >= 11 is 0. The molecular weight excluding hydrogens is 256 g/mol. The van der Waals surface area contributed by atoms with Crippen LogP contribution in [0, 0.1) is 19.3 Å². The third-order valence-corrected chi connectivity index (χ3v) is 3.20. The number of hydrogen-bond acceptors (Lipinski definition) is 4. The summed E-state index contributed by atoms with van der Waals surface area (Å²) in [7, 11) is 1.31. The quantitative estimate of drug-likeness (QED) is 0.341. The molecule has 0 spiro atoms. The summed E-state index contributed by atoms with van der Waals surface area (Å²) in [6, 6.07) is 3.37. The first-order valence-corrected chi connectivity index (χ1v) is 6.29. The lowest BCUT2D eigenvalue weighted by Crippen LogP contribution is -2.15. The van der Waals surface area contributed by atoms with E-state index < -0.39 is 5.97 Å². The minimum atomic E-state index is -0.461. The smallest absolute Gasteiger partial charge is 0.338 e. The van der Waals surface area contributed by atoms with Crippen LogP contribution in [0.15, 0.2) is 17.7 Å². The Balaban J connectivity index is 3.53. The van der Waals surface area contributed by atoms with E-state index in [1.54, 1.807) is 26.0 Å². The molecule has 5 nitrogen and oxygen atoms in total. The van der Waals surface area contributed by atoms with Gasteiger partial charge in [0.1, 0.15) is 11.6 Å². The van der Waals surface area contributed by atoms with Crippen LogP contribution in [0.3, 0.4) is 0 Å². The number of carbonyl (C=O) groups excluding carboxylic acids is 1. The molecule has 0 saturated carbocycles. The van der Waals surface area contributed by atoms with E-state index >= 15 is 0 Å². The topological polar surface area (TPSA) is 96.4 Å². The van der Waals surface area contributed by atoms with Gasteiger partial charge in [0.05, 0.1) is 12.7 Å². The van der Waals surface area contributed by atoms with Gasteiger partial charge in [-0.3, -0.25) is 5.41 Å². The van der Waals surface area contributed by atoms with E-state index in [0.717, 1.165) is 11.1 Å². The molecule has 1 rings (SSSR count). The number of ether oxygens (including phenoxy) is 1. The number of nitrogens with one attached hydrogen (secondary N) is 1. The Morgan fingerprint density at radius 2 is 1.85 bits per heavy atom. The van der Waals surface area contributed by atoms with E-state index in [1.165, 1.54) is 7.11 Å². The van der Waals surface area contributed by atoms with Crippen molar-refractivity contribution < 1.29 is 14.6 Å². The number of methoxy groups -OCH3 is 1. The van der Waals surface area contributed by atoms with Crippen molar-refractivity contribution in [1.82, 2.24) is 0 Å². The Labute approximate surface area is 118 Å². The van der Waals surface area contributed by atoms with Crippen molar-refractivity contribution in [3.8, 4) is 0 Å². The summed E-state index contributed by atoms with van der Waals surface area (Å²) in [5.41, 5.74) is 8.27. The number of carbonyl (C=O) groups is 1. The van der Waals surface area contributed by atoms with Crippen molar-refractivity contribution in [2.75, 3.05) is 7.11 Å². The van der Waals surface area contributed by atoms with Gasteiger partial charge in [0, 0.05) is 11.1 Å². The first-order valence-electron chi connectivity index (χ1n) is 6.29. The van der Waals surface area contributed by atoms with Gasteiger partial charge in [-0.1, -0.05) is 13.0 Å². The Morgan fingerprint density at radius 3 is 2.30 bits per heavy atom. The number of aliphatic hydroxyl groups is 1. The highest BCUT2D eigenvalue weighted by Crippen LogP contribution is 2.25. The molecule has 0 aromatic heterocycles. The van der Waals surface area contributed by atoms with Gasteiger partial charge in [0.15, 0.2) is 0 Å². The summed E-state index contributed by atoms with van der Waals surface area (Å²) in [6.07, 6.45) is 0.433. The fourth-order valence-corrected chi connectivity index (χ4v) is 2.09. The van der Waals surface area contributed by atoms with Crippen LogP contribution in [0.5, 0.6) is 0 Å². The van der Waals surface area contributed by atoms with Gasteiger partial charge in [0.2, 0.25) is 0 Å². The van der Waals surface area contributed by atoms with Crippen molar-refractivity contribution in [1.29, 1.82) is 5.41 Å². The molecule has 0 saturated heterocycles. The van der Waals surface area contributed by atoms with Crippen LogP contribution in [-0.4, -0.2) is 24.0 Å². The first-order chi connectivity index (χ1) is 9.33. The van der Waals surface area contributed by atoms with Crippen LogP contribution in [0.2, 0.25) is 0 Å². The predicted octanol–water partition coefficient (Wildman–Crippen LogP) is 2.71. The fourth-order valence-electron chi connectivity index (χ4n) is 2.09. The van der Waals surface area contributed by atoms with Crippen molar-refractivity contribution in [2.24, 2.45) is 5.73 Å². The van der Waals surface area contributed by atoms with E-state index in [9.17, 15) is 9.90 Å². The molecule has 1 aromatic rings. The highest BCUT2D eigenvalue weighted by Gasteiger charge is 2.17. The van der Waals surface area contributed by atoms with Crippen LogP contribution < -0.4 is 5.73 Å². The second-order valence-corrected chi connectivity index (χ2v) is 4.57. The van der Waals surface area contributed by atoms with E-state index in [4.69, 9.17) is 15.9 Å². The van der Waals surface area contributed by atoms with Gasteiger partial charge >= 0.3 is 5.97 Å². The van der Waals surface area contributed by atoms with Gasteiger partial charge in [-0.2, -0.15) is 0 Å². The standard InChI is InChI=1S/C15H20N2O3/c1-5-10(14(16)17)13(18)11-7-12(15(19)20-4)9(3)6-8(11)2/h6-7,18H,5H2,1-4H3,(H3,16,17). The number of aryl methyl sites for hydroxylation is 2. The van der Waals surface area contributed by atoms with Crippen LogP contribution in [0.1, 0.15) is 40.4 Å². The Hall–Kier alpha value is -2.30. The molecule has 4 N–H and O–H groups in total. The Kier molecular flexibility index (Phi) is 4.91. The molecule has 5 heteroatoms. The zero-order valence-corrected chi connectivity index (χ0v) is 12.2. The van der Waals surface area contributed by atoms with Crippen molar-refractivity contribution in [3.05, 3.63) is 40.0 Å². The maximum atomic E-state index is 11.7. The molecule has 0 radical (unpaired) electrons. The Morgan fingerprint density at radius 1 is 1.30 bits per heavy atom. The number of benzene rings is 1. The molecule has 0 heterocycles. The van der Waals surface area contributed by atoms with Crippen LogP contribution in [0.4, 0.5) is 0 Å². The van der Waals surface area contributed by atoms with Gasteiger partial charge < -0.3 is 15.6 Å². The lowest BCUT2D eigenvalue weighted by atomic mass is 9.96. The van der Waals surface area contributed by atoms with Crippen LogP contribution in [0.25, 0.3) is 5.76 Å². The normalized spacial score (nSPS) is 11.8. The number of hydrogen-bond donors (Lipinski definition) is 3. The summed E-state index contributed by atoms with van der Waals surface area (Å²) in [6.45, 7) is 5.43. The average Bonchev–Trinajstić information content (AvgIpc) is 2.38. The van der Waals surface area contributed by atoms with Crippen molar-refractivity contribution in [2.45, 2.75) is 27.2 Å². The number of aliphatic hydroxyl groups excluding tert-OH is 1. The minimum Gasteiger partial charge on any atom is -0.507 e. The zero-order valence-electron chi connectivity index (χ0n) is 12.2. The zero-order chi connectivity index (χ0) is 15.4. The highest BCUT2D eigenvalue weighted by atomic mass is 16.5. The number of rotatable bonds is 4. The van der Waals surface area contributed by atoms with Gasteiger partial charge in [-0.05, 0) is 37.5 Å². The van der Waals surface area contributed by atoms with E-state index in [1.807, 2.05) is 6.92 Å². The second-order valence-electron chi connectivity index (χ2n) is 4.57. The van der Waals surface area contributed by atoms with Crippen LogP contribution >= 0.6 is 0 Å². The molecule has 0 unspecified atom stereocenters. The molecule has 0 aliphatic carbocycles. The predicted molar refractivity (Wildman–Crippen MR) is 79.0 cm³/mol. The average molecular weight is 276 g/mol. The number of amidine groups is 1. The second kappa shape index (κ2) is 6.23. The largest absolute Gasteiger partial charge is 0.507 e. The minimum absolute atomic E-state index is 0.0670. The maximum Gasteiger partial charge on any atom is 0.338 e. The highest BCUT2D eigenvalue weighted by molar-refractivity contribution is 6.01. The first kappa shape index (κ1) is 15.8. The van der Waals surface area contributed by atoms with Crippen molar-refractivity contribution in [3.63, 3.8) is 0 Å². The molecule has 0 atom stereocenters. The summed E-state index contributed by atoms with van der Waals surface area (Å²) in [4.78, 5) is 11.7. The lowest BCUT2D eigenvalue weighted by Gasteiger charge is -2.13. The van der Waals surface area contributed by atoms with E-state index in [2.05, 4.69) is 0 Å². The molecule has 1 aromatic carbocycles. The van der Waals surface area contributed by atoms with E-state index in [-0.39, 0.29) is 11.6 Å². The number of esters is 1. The third-order valence-electron chi connectivity index (χ3n) is 3.20. The SMILES string of the molecule is CCC(C(=N)N)=C(O)c1cc(C(=O)OC)c(C)cc1C. The monoisotopic (exact) mass is 276 g/mol. The molecule has 0 amide bonds. The Bertz CT molecular complexity index is 589. The summed E-state index contributed by atoms with van der Waals surface area (Å²) in [5.74, 6) is -0.704.